The molecule has 2 aromatic rings. The van der Waals surface area contributed by atoms with Crippen molar-refractivity contribution in [2.75, 3.05) is 0 Å². The van der Waals surface area contributed by atoms with Gasteiger partial charge in [0.05, 0.1) is 17.4 Å². The standard InChI is InChI=1S/C14H16F3N3/c1-14(2,3)20-13(8(6-18)7-19-20)9-4-11(16)12(17)5-10(9)15/h4-5,7H,6,18H2,1-3H3. The molecule has 1 aromatic carbocycles. The lowest BCUT2D eigenvalue weighted by Crippen LogP contribution is -2.24. The molecule has 0 radical (unpaired) electrons. The van der Waals surface area contributed by atoms with Crippen LogP contribution in [0, 0.1) is 17.5 Å². The molecule has 0 saturated heterocycles. The SMILES string of the molecule is CC(C)(C)n1ncc(CN)c1-c1cc(F)c(F)cc1F. The second-order valence-corrected chi connectivity index (χ2v) is 5.55. The van der Waals surface area contributed by atoms with E-state index in [1.165, 1.54) is 6.20 Å². The van der Waals surface area contributed by atoms with Gasteiger partial charge in [-0.15, -0.1) is 0 Å². The van der Waals surface area contributed by atoms with Crippen LogP contribution in [0.2, 0.25) is 0 Å². The van der Waals surface area contributed by atoms with Gasteiger partial charge in [0.1, 0.15) is 5.82 Å². The van der Waals surface area contributed by atoms with E-state index in [9.17, 15) is 13.2 Å². The first-order chi connectivity index (χ1) is 9.25. The van der Waals surface area contributed by atoms with Gasteiger partial charge >= 0.3 is 0 Å². The Bertz CT molecular complexity index is 642. The Morgan fingerprint density at radius 2 is 1.70 bits per heavy atom. The first kappa shape index (κ1) is 14.6. The number of halogens is 3. The van der Waals surface area contributed by atoms with Crippen molar-refractivity contribution in [1.82, 2.24) is 9.78 Å². The molecule has 0 unspecified atom stereocenters. The van der Waals surface area contributed by atoms with Gasteiger partial charge in [-0.1, -0.05) is 0 Å². The summed E-state index contributed by atoms with van der Waals surface area (Å²) < 4.78 is 42.0. The first-order valence-corrected chi connectivity index (χ1v) is 6.18. The molecule has 108 valence electrons. The molecule has 3 nitrogen and oxygen atoms in total. The van der Waals surface area contributed by atoms with E-state index in [1.54, 1.807) is 4.68 Å². The molecule has 6 heteroatoms. The minimum atomic E-state index is -1.22. The maximum atomic E-state index is 14.0. The summed E-state index contributed by atoms with van der Waals surface area (Å²) in [6, 6.07) is 1.37. The number of benzene rings is 1. The molecule has 1 aromatic heterocycles. The number of hydrogen-bond acceptors (Lipinski definition) is 2. The van der Waals surface area contributed by atoms with Crippen LogP contribution in [0.1, 0.15) is 26.3 Å². The largest absolute Gasteiger partial charge is 0.326 e. The number of rotatable bonds is 2. The minimum Gasteiger partial charge on any atom is -0.326 e. The molecule has 2 rings (SSSR count). The Balaban J connectivity index is 2.75. The summed E-state index contributed by atoms with van der Waals surface area (Å²) >= 11 is 0. The lowest BCUT2D eigenvalue weighted by molar-refractivity contribution is 0.359. The Kier molecular flexibility index (Phi) is 3.60. The number of nitrogens with zero attached hydrogens (tertiary/aromatic N) is 2. The third-order valence-electron chi connectivity index (χ3n) is 2.97. The van der Waals surface area contributed by atoms with Gasteiger partial charge in [0.25, 0.3) is 0 Å². The van der Waals surface area contributed by atoms with E-state index in [0.29, 0.717) is 17.3 Å². The van der Waals surface area contributed by atoms with Gasteiger partial charge in [0, 0.05) is 23.7 Å². The van der Waals surface area contributed by atoms with E-state index >= 15 is 0 Å². The smallest absolute Gasteiger partial charge is 0.161 e. The van der Waals surface area contributed by atoms with Crippen molar-refractivity contribution in [3.05, 3.63) is 41.3 Å². The van der Waals surface area contributed by atoms with Gasteiger partial charge in [-0.25, -0.2) is 13.2 Å². The molecule has 0 bridgehead atoms. The van der Waals surface area contributed by atoms with E-state index in [-0.39, 0.29) is 12.1 Å². The van der Waals surface area contributed by atoms with E-state index in [4.69, 9.17) is 5.73 Å². The van der Waals surface area contributed by atoms with Crippen LogP contribution in [0.4, 0.5) is 13.2 Å². The van der Waals surface area contributed by atoms with E-state index < -0.39 is 23.0 Å². The van der Waals surface area contributed by atoms with Crippen LogP contribution in [-0.4, -0.2) is 9.78 Å². The van der Waals surface area contributed by atoms with Crippen LogP contribution in [0.5, 0.6) is 0 Å². The van der Waals surface area contributed by atoms with Gasteiger partial charge in [0.15, 0.2) is 11.6 Å². The summed E-state index contributed by atoms with van der Waals surface area (Å²) in [5, 5.41) is 4.18. The van der Waals surface area contributed by atoms with Crippen LogP contribution in [-0.2, 0) is 12.1 Å². The second kappa shape index (κ2) is 4.94. The molecule has 0 aliphatic rings. The highest BCUT2D eigenvalue weighted by Gasteiger charge is 2.24. The van der Waals surface area contributed by atoms with Gasteiger partial charge in [-0.05, 0) is 26.8 Å². The van der Waals surface area contributed by atoms with Crippen LogP contribution >= 0.6 is 0 Å². The quantitative estimate of drug-likeness (QED) is 0.860. The van der Waals surface area contributed by atoms with Gasteiger partial charge in [-0.2, -0.15) is 5.10 Å². The predicted molar refractivity (Wildman–Crippen MR) is 70.4 cm³/mol. The molecule has 0 saturated carbocycles. The lowest BCUT2D eigenvalue weighted by Gasteiger charge is -2.23. The first-order valence-electron chi connectivity index (χ1n) is 6.18. The highest BCUT2D eigenvalue weighted by atomic mass is 19.2. The van der Waals surface area contributed by atoms with Gasteiger partial charge in [-0.3, -0.25) is 4.68 Å². The van der Waals surface area contributed by atoms with Crippen molar-refractivity contribution in [1.29, 1.82) is 0 Å². The molecule has 0 atom stereocenters. The van der Waals surface area contributed by atoms with Crippen molar-refractivity contribution in [2.24, 2.45) is 5.73 Å². The number of aromatic nitrogens is 2. The van der Waals surface area contributed by atoms with Gasteiger partial charge < -0.3 is 5.73 Å². The molecule has 0 spiro atoms. The van der Waals surface area contributed by atoms with Gasteiger partial charge in [0.2, 0.25) is 0 Å². The van der Waals surface area contributed by atoms with E-state index in [1.807, 2.05) is 20.8 Å². The molecule has 0 fully saturated rings. The summed E-state index contributed by atoms with van der Waals surface area (Å²) in [7, 11) is 0. The fourth-order valence-electron chi connectivity index (χ4n) is 2.03. The molecule has 0 aliphatic heterocycles. The maximum Gasteiger partial charge on any atom is 0.161 e. The monoisotopic (exact) mass is 283 g/mol. The molecule has 2 N–H and O–H groups in total. The Morgan fingerprint density at radius 3 is 2.25 bits per heavy atom. The second-order valence-electron chi connectivity index (χ2n) is 5.55. The van der Waals surface area contributed by atoms with Crippen molar-refractivity contribution in [2.45, 2.75) is 32.9 Å². The predicted octanol–water partition coefficient (Wildman–Crippen LogP) is 3.18. The maximum absolute atomic E-state index is 14.0. The summed E-state index contributed by atoms with van der Waals surface area (Å²) in [6.07, 6.45) is 1.52. The van der Waals surface area contributed by atoms with E-state index in [2.05, 4.69) is 5.10 Å². The van der Waals surface area contributed by atoms with E-state index in [0.717, 1.165) is 6.07 Å². The average molecular weight is 283 g/mol. The normalized spacial score (nSPS) is 11.9. The summed E-state index contributed by atoms with van der Waals surface area (Å²) in [5.74, 6) is -3.17. The van der Waals surface area contributed by atoms with Crippen LogP contribution in [0.15, 0.2) is 18.3 Å². The van der Waals surface area contributed by atoms with Crippen molar-refractivity contribution in [3.63, 3.8) is 0 Å². The molecule has 20 heavy (non-hydrogen) atoms. The van der Waals surface area contributed by atoms with Crippen molar-refractivity contribution >= 4 is 0 Å². The third kappa shape index (κ3) is 2.43. The van der Waals surface area contributed by atoms with Crippen LogP contribution < -0.4 is 5.73 Å². The summed E-state index contributed by atoms with van der Waals surface area (Å²) in [4.78, 5) is 0. The highest BCUT2D eigenvalue weighted by molar-refractivity contribution is 5.64. The molecular weight excluding hydrogens is 267 g/mol. The Hall–Kier alpha value is -1.82. The van der Waals surface area contributed by atoms with Crippen LogP contribution in [0.25, 0.3) is 11.3 Å². The number of hydrogen-bond donors (Lipinski definition) is 1. The summed E-state index contributed by atoms with van der Waals surface area (Å²) in [6.45, 7) is 5.76. The zero-order chi connectivity index (χ0) is 15.1. The van der Waals surface area contributed by atoms with Crippen LogP contribution in [0.3, 0.4) is 0 Å². The average Bonchev–Trinajstić information content (AvgIpc) is 2.77. The lowest BCUT2D eigenvalue weighted by atomic mass is 10.0. The highest BCUT2D eigenvalue weighted by Crippen LogP contribution is 2.31. The molecule has 0 aliphatic carbocycles. The molecular formula is C14H16F3N3. The minimum absolute atomic E-state index is 0.0447. The molecule has 0 amide bonds. The van der Waals surface area contributed by atoms with Crippen molar-refractivity contribution < 1.29 is 13.2 Å². The number of nitrogens with two attached hydrogens (primary N) is 1. The Morgan fingerprint density at radius 1 is 1.10 bits per heavy atom. The zero-order valence-corrected chi connectivity index (χ0v) is 11.5. The zero-order valence-electron chi connectivity index (χ0n) is 11.5. The Labute approximate surface area is 115 Å². The fraction of sp³-hybridized carbons (Fsp3) is 0.357. The third-order valence-corrected chi connectivity index (χ3v) is 2.97. The fourth-order valence-corrected chi connectivity index (χ4v) is 2.03. The molecule has 1 heterocycles. The topological polar surface area (TPSA) is 43.8 Å². The summed E-state index contributed by atoms with van der Waals surface area (Å²) in [5.41, 5.74) is 6.08. The van der Waals surface area contributed by atoms with Crippen molar-refractivity contribution in [3.8, 4) is 11.3 Å².